The molecule has 27 heavy (non-hydrogen) atoms. The number of hydrogen-bond acceptors (Lipinski definition) is 4. The van der Waals surface area contributed by atoms with E-state index in [4.69, 9.17) is 4.74 Å². The molecule has 2 heterocycles. The first-order chi connectivity index (χ1) is 13.3. The summed E-state index contributed by atoms with van der Waals surface area (Å²) in [6.45, 7) is 0.941. The van der Waals surface area contributed by atoms with Gasteiger partial charge in [-0.25, -0.2) is 0 Å². The second-order valence-electron chi connectivity index (χ2n) is 6.63. The molecule has 6 nitrogen and oxygen atoms in total. The minimum absolute atomic E-state index is 0.0244. The van der Waals surface area contributed by atoms with E-state index in [1.807, 2.05) is 54.6 Å². The summed E-state index contributed by atoms with van der Waals surface area (Å²) < 4.78 is 7.68. The van der Waals surface area contributed by atoms with Crippen LogP contribution >= 0.6 is 0 Å². The van der Waals surface area contributed by atoms with E-state index in [0.29, 0.717) is 5.75 Å². The topological polar surface area (TPSA) is 69.0 Å². The van der Waals surface area contributed by atoms with Crippen molar-refractivity contribution in [2.75, 3.05) is 11.9 Å². The van der Waals surface area contributed by atoms with Gasteiger partial charge in [-0.05, 0) is 49.2 Å². The summed E-state index contributed by atoms with van der Waals surface area (Å²) in [6.07, 6.45) is 4.56. The molecule has 0 fully saturated rings. The molecule has 6 heteroatoms. The van der Waals surface area contributed by atoms with Crippen molar-refractivity contribution in [2.45, 2.75) is 32.2 Å². The number of aryl methyl sites for hydroxylation is 1. The summed E-state index contributed by atoms with van der Waals surface area (Å²) in [7, 11) is 0. The number of ether oxygens (including phenoxy) is 1. The van der Waals surface area contributed by atoms with Crippen LogP contribution in [0.15, 0.2) is 54.6 Å². The van der Waals surface area contributed by atoms with Gasteiger partial charge >= 0.3 is 0 Å². The van der Waals surface area contributed by atoms with E-state index in [1.54, 1.807) is 0 Å². The Bertz CT molecular complexity index is 904. The van der Waals surface area contributed by atoms with Crippen LogP contribution in [-0.2, 0) is 17.8 Å². The second-order valence-corrected chi connectivity index (χ2v) is 6.63. The fraction of sp³-hybridized carbons (Fsp3) is 0.286. The summed E-state index contributed by atoms with van der Waals surface area (Å²) in [4.78, 5) is 12.1. The van der Waals surface area contributed by atoms with Gasteiger partial charge in [0.15, 0.2) is 12.4 Å². The van der Waals surface area contributed by atoms with Crippen LogP contribution in [0, 0.1) is 0 Å². The molecule has 0 aliphatic carbocycles. The molecule has 0 atom stereocenters. The largest absolute Gasteiger partial charge is 0.484 e. The zero-order valence-electron chi connectivity index (χ0n) is 15.1. The predicted octanol–water partition coefficient (Wildman–Crippen LogP) is 3.69. The number of hydrogen-bond donors (Lipinski definition) is 1. The molecule has 0 radical (unpaired) electrons. The first-order valence-corrected chi connectivity index (χ1v) is 9.30. The molecule has 4 rings (SSSR count). The van der Waals surface area contributed by atoms with E-state index in [2.05, 4.69) is 20.1 Å². The standard InChI is InChI=1S/C21H22N4O2/c26-20(15-27-18-7-3-1-4-8-18)22-17-12-10-16(11-13-17)21-24-23-19-9-5-2-6-14-25(19)21/h1,3-4,7-8,10-13H,2,5-6,9,14-15H2,(H,22,26). The Kier molecular flexibility index (Phi) is 5.14. The number of carbonyl (C=O) groups is 1. The number of carbonyl (C=O) groups excluding carboxylic acids is 1. The van der Waals surface area contributed by atoms with Crippen LogP contribution in [0.25, 0.3) is 11.4 Å². The van der Waals surface area contributed by atoms with Crippen molar-refractivity contribution in [1.29, 1.82) is 0 Å². The van der Waals surface area contributed by atoms with E-state index in [0.717, 1.165) is 42.3 Å². The van der Waals surface area contributed by atoms with Crippen molar-refractivity contribution in [3.05, 3.63) is 60.4 Å². The number of nitrogens with zero attached hydrogens (tertiary/aromatic N) is 3. The lowest BCUT2D eigenvalue weighted by Gasteiger charge is -2.09. The quantitative estimate of drug-likeness (QED) is 0.752. The molecule has 138 valence electrons. The van der Waals surface area contributed by atoms with Crippen LogP contribution < -0.4 is 10.1 Å². The van der Waals surface area contributed by atoms with Gasteiger partial charge in [0.05, 0.1) is 0 Å². The van der Waals surface area contributed by atoms with Gasteiger partial charge in [0.1, 0.15) is 11.6 Å². The van der Waals surface area contributed by atoms with Crippen LogP contribution in [0.3, 0.4) is 0 Å². The van der Waals surface area contributed by atoms with Crippen LogP contribution in [-0.4, -0.2) is 27.3 Å². The fourth-order valence-electron chi connectivity index (χ4n) is 3.26. The monoisotopic (exact) mass is 362 g/mol. The van der Waals surface area contributed by atoms with Crippen LogP contribution in [0.2, 0.25) is 0 Å². The molecule has 3 aromatic rings. The lowest BCUT2D eigenvalue weighted by atomic mass is 10.2. The van der Waals surface area contributed by atoms with Gasteiger partial charge in [-0.15, -0.1) is 10.2 Å². The minimum Gasteiger partial charge on any atom is -0.484 e. The molecule has 0 saturated heterocycles. The first kappa shape index (κ1) is 17.3. The highest BCUT2D eigenvalue weighted by Crippen LogP contribution is 2.24. The van der Waals surface area contributed by atoms with Crippen LogP contribution in [0.4, 0.5) is 5.69 Å². The summed E-state index contributed by atoms with van der Waals surface area (Å²) in [5.41, 5.74) is 1.74. The number of rotatable bonds is 5. The summed E-state index contributed by atoms with van der Waals surface area (Å²) in [5.74, 6) is 2.45. The summed E-state index contributed by atoms with van der Waals surface area (Å²) in [5, 5.41) is 11.6. The fourth-order valence-corrected chi connectivity index (χ4v) is 3.26. The Hall–Kier alpha value is -3.15. The predicted molar refractivity (Wildman–Crippen MR) is 104 cm³/mol. The van der Waals surface area contributed by atoms with Crippen molar-refractivity contribution in [1.82, 2.24) is 14.8 Å². The molecule has 0 saturated carbocycles. The lowest BCUT2D eigenvalue weighted by Crippen LogP contribution is -2.20. The zero-order valence-corrected chi connectivity index (χ0v) is 15.1. The molecule has 1 amide bonds. The molecular formula is C21H22N4O2. The summed E-state index contributed by atoms with van der Waals surface area (Å²) >= 11 is 0. The van der Waals surface area contributed by atoms with Gasteiger partial charge in [-0.3, -0.25) is 4.79 Å². The Morgan fingerprint density at radius 3 is 2.63 bits per heavy atom. The molecule has 1 aliphatic rings. The SMILES string of the molecule is O=C(COc1ccccc1)Nc1ccc(-c2nnc3n2CCCCC3)cc1. The van der Waals surface area contributed by atoms with Gasteiger partial charge in [-0.2, -0.15) is 0 Å². The second kappa shape index (κ2) is 8.03. The Morgan fingerprint density at radius 2 is 1.81 bits per heavy atom. The first-order valence-electron chi connectivity index (χ1n) is 9.30. The van der Waals surface area contributed by atoms with E-state index in [1.165, 1.54) is 12.8 Å². The van der Waals surface area contributed by atoms with E-state index < -0.39 is 0 Å². The van der Waals surface area contributed by atoms with Crippen LogP contribution in [0.1, 0.15) is 25.1 Å². The molecule has 0 bridgehead atoms. The molecule has 0 unspecified atom stereocenters. The van der Waals surface area contributed by atoms with E-state index in [-0.39, 0.29) is 12.5 Å². The lowest BCUT2D eigenvalue weighted by molar-refractivity contribution is -0.118. The Balaban J connectivity index is 1.39. The molecule has 2 aromatic carbocycles. The van der Waals surface area contributed by atoms with Crippen molar-refractivity contribution in [2.24, 2.45) is 0 Å². The van der Waals surface area contributed by atoms with Gasteiger partial charge in [0.2, 0.25) is 0 Å². The normalized spacial score (nSPS) is 13.5. The number of anilines is 1. The number of amides is 1. The highest BCUT2D eigenvalue weighted by Gasteiger charge is 2.16. The Labute approximate surface area is 158 Å². The molecule has 0 spiro atoms. The number of para-hydroxylation sites is 1. The average Bonchev–Trinajstić information content (AvgIpc) is 2.96. The third-order valence-electron chi connectivity index (χ3n) is 4.65. The maximum atomic E-state index is 12.1. The third-order valence-corrected chi connectivity index (χ3v) is 4.65. The van der Waals surface area contributed by atoms with Gasteiger partial charge in [0.25, 0.3) is 5.91 Å². The van der Waals surface area contributed by atoms with Crippen molar-refractivity contribution in [3.8, 4) is 17.1 Å². The molecule has 1 aliphatic heterocycles. The summed E-state index contributed by atoms with van der Waals surface area (Å²) in [6, 6.07) is 17.0. The number of aromatic nitrogens is 3. The van der Waals surface area contributed by atoms with Crippen molar-refractivity contribution in [3.63, 3.8) is 0 Å². The number of fused-ring (bicyclic) bond motifs is 1. The minimum atomic E-state index is -0.192. The van der Waals surface area contributed by atoms with E-state index in [9.17, 15) is 4.79 Å². The Morgan fingerprint density at radius 1 is 1.00 bits per heavy atom. The maximum absolute atomic E-state index is 12.1. The average molecular weight is 362 g/mol. The van der Waals surface area contributed by atoms with Crippen molar-refractivity contribution < 1.29 is 9.53 Å². The number of benzene rings is 2. The maximum Gasteiger partial charge on any atom is 0.262 e. The van der Waals surface area contributed by atoms with E-state index >= 15 is 0 Å². The zero-order chi connectivity index (χ0) is 18.5. The van der Waals surface area contributed by atoms with Crippen molar-refractivity contribution >= 4 is 11.6 Å². The van der Waals surface area contributed by atoms with Gasteiger partial charge in [-0.1, -0.05) is 24.6 Å². The smallest absolute Gasteiger partial charge is 0.262 e. The van der Waals surface area contributed by atoms with Crippen LogP contribution in [0.5, 0.6) is 5.75 Å². The molecule has 1 N–H and O–H groups in total. The van der Waals surface area contributed by atoms with Gasteiger partial charge in [0, 0.05) is 24.2 Å². The highest BCUT2D eigenvalue weighted by atomic mass is 16.5. The van der Waals surface area contributed by atoms with Gasteiger partial charge < -0.3 is 14.6 Å². The number of nitrogens with one attached hydrogen (secondary N) is 1. The third kappa shape index (κ3) is 4.16. The highest BCUT2D eigenvalue weighted by molar-refractivity contribution is 5.92. The molecule has 1 aromatic heterocycles. The molecular weight excluding hydrogens is 340 g/mol.